The molecule has 7 nitrogen and oxygen atoms in total. The minimum Gasteiger partial charge on any atom is -0.493 e. The van der Waals surface area contributed by atoms with E-state index in [9.17, 15) is 4.79 Å². The summed E-state index contributed by atoms with van der Waals surface area (Å²) in [5.74, 6) is 2.26. The molecule has 0 atom stereocenters. The van der Waals surface area contributed by atoms with Crippen molar-refractivity contribution in [1.82, 2.24) is 4.98 Å². The van der Waals surface area contributed by atoms with E-state index in [1.807, 2.05) is 25.1 Å². The van der Waals surface area contributed by atoms with Gasteiger partial charge in [0.05, 0.1) is 31.0 Å². The summed E-state index contributed by atoms with van der Waals surface area (Å²) in [5, 5.41) is 0.822. The second-order valence-electron chi connectivity index (χ2n) is 6.29. The number of hydrogen-bond acceptors (Lipinski definition) is 6. The molecule has 29 heavy (non-hydrogen) atoms. The van der Waals surface area contributed by atoms with Crippen molar-refractivity contribution in [3.8, 4) is 23.0 Å². The molecule has 1 aliphatic heterocycles. The molecule has 0 N–H and O–H groups in total. The van der Waals surface area contributed by atoms with E-state index in [1.54, 1.807) is 37.4 Å². The Bertz CT molecular complexity index is 1100. The monoisotopic (exact) mass is 506 g/mol. The van der Waals surface area contributed by atoms with Gasteiger partial charge >= 0.3 is 0 Å². The average molecular weight is 506 g/mol. The molecule has 2 aromatic carbocycles. The second-order valence-corrected chi connectivity index (χ2v) is 7.45. The molecule has 8 heteroatoms. The van der Waals surface area contributed by atoms with Crippen molar-refractivity contribution in [3.05, 3.63) is 45.7 Å². The first-order valence-corrected chi connectivity index (χ1v) is 10.1. The number of methoxy groups -OCH3 is 2. The lowest BCUT2D eigenvalue weighted by Gasteiger charge is -2.24. The highest BCUT2D eigenvalue weighted by Gasteiger charge is 2.24. The van der Waals surface area contributed by atoms with E-state index in [4.69, 9.17) is 18.9 Å². The van der Waals surface area contributed by atoms with E-state index in [0.717, 1.165) is 20.2 Å². The molecule has 2 heterocycles. The summed E-state index contributed by atoms with van der Waals surface area (Å²) in [6.45, 7) is 2.60. The lowest BCUT2D eigenvalue weighted by Crippen LogP contribution is -2.31. The predicted octanol–water partition coefficient (Wildman–Crippen LogP) is 4.25. The number of carbonyl (C=O) groups is 1. The fourth-order valence-electron chi connectivity index (χ4n) is 3.34. The van der Waals surface area contributed by atoms with Crippen LogP contribution in [0.2, 0.25) is 0 Å². The number of hydrogen-bond donors (Lipinski definition) is 0. The number of amides is 1. The van der Waals surface area contributed by atoms with Gasteiger partial charge in [0.25, 0.3) is 5.91 Å². The summed E-state index contributed by atoms with van der Waals surface area (Å²) in [6, 6.07) is 9.04. The van der Waals surface area contributed by atoms with Gasteiger partial charge in [-0.05, 0) is 53.8 Å². The number of anilines is 1. The number of aromatic nitrogens is 1. The number of ether oxygens (including phenoxy) is 4. The van der Waals surface area contributed by atoms with E-state index >= 15 is 0 Å². The first-order chi connectivity index (χ1) is 14.1. The predicted molar refractivity (Wildman–Crippen MR) is 117 cm³/mol. The van der Waals surface area contributed by atoms with Gasteiger partial charge < -0.3 is 23.8 Å². The van der Waals surface area contributed by atoms with Gasteiger partial charge in [0, 0.05) is 27.8 Å². The van der Waals surface area contributed by atoms with Crippen molar-refractivity contribution >= 4 is 45.1 Å². The van der Waals surface area contributed by atoms with Gasteiger partial charge in [0.2, 0.25) is 6.79 Å². The molecular formula is C21H19IN2O5. The molecule has 1 amide bonds. The molecule has 0 unspecified atom stereocenters. The zero-order chi connectivity index (χ0) is 20.5. The Morgan fingerprint density at radius 3 is 2.52 bits per heavy atom. The molecule has 0 saturated heterocycles. The number of fused-ring (bicyclic) bond motifs is 2. The molecule has 0 saturated carbocycles. The summed E-state index contributed by atoms with van der Waals surface area (Å²) >= 11 is 2.14. The van der Waals surface area contributed by atoms with Crippen LogP contribution in [0.5, 0.6) is 23.0 Å². The molecule has 4 rings (SSSR count). The van der Waals surface area contributed by atoms with Crippen molar-refractivity contribution < 1.29 is 23.7 Å². The quantitative estimate of drug-likeness (QED) is 0.482. The zero-order valence-corrected chi connectivity index (χ0v) is 18.3. The topological polar surface area (TPSA) is 70.1 Å². The highest BCUT2D eigenvalue weighted by molar-refractivity contribution is 14.1. The Morgan fingerprint density at radius 1 is 1.14 bits per heavy atom. The normalized spacial score (nSPS) is 12.1. The van der Waals surface area contributed by atoms with Crippen molar-refractivity contribution in [1.29, 1.82) is 0 Å². The number of nitrogens with zero attached hydrogens (tertiary/aromatic N) is 2. The fourth-order valence-corrected chi connectivity index (χ4v) is 4.01. The maximum Gasteiger partial charge on any atom is 0.259 e. The van der Waals surface area contributed by atoms with Crippen molar-refractivity contribution in [2.24, 2.45) is 0 Å². The third-order valence-corrected chi connectivity index (χ3v) is 5.66. The first-order valence-electron chi connectivity index (χ1n) is 8.99. The number of rotatable bonds is 5. The largest absolute Gasteiger partial charge is 0.493 e. The molecular weight excluding hydrogens is 487 g/mol. The summed E-state index contributed by atoms with van der Waals surface area (Å²) in [6.07, 6.45) is 1.69. The highest BCUT2D eigenvalue weighted by Crippen LogP contribution is 2.39. The SMILES string of the molecule is CCN(C(=O)c1cc(OC)c(OC)cc1I)c1ccnc2cc3c(cc12)OCO3. The highest BCUT2D eigenvalue weighted by atomic mass is 127. The second kappa shape index (κ2) is 7.94. The summed E-state index contributed by atoms with van der Waals surface area (Å²) in [4.78, 5) is 19.6. The molecule has 150 valence electrons. The summed E-state index contributed by atoms with van der Waals surface area (Å²) in [7, 11) is 3.12. The van der Waals surface area contributed by atoms with Crippen LogP contribution < -0.4 is 23.8 Å². The van der Waals surface area contributed by atoms with Crippen LogP contribution in [0.1, 0.15) is 17.3 Å². The number of carbonyl (C=O) groups excluding carboxylic acids is 1. The van der Waals surface area contributed by atoms with Crippen LogP contribution in [0.15, 0.2) is 36.5 Å². The standard InChI is InChI=1S/C21H19IN2O5/c1-4-24(21(25)12-7-17(26-2)18(27-3)9-14(12)22)16-5-6-23-15-10-20-19(8-13(15)16)28-11-29-20/h5-10H,4,11H2,1-3H3. The Hall–Kier alpha value is -2.75. The van der Waals surface area contributed by atoms with Gasteiger partial charge in [0.1, 0.15) is 0 Å². The molecule has 0 bridgehead atoms. The van der Waals surface area contributed by atoms with Gasteiger partial charge in [-0.15, -0.1) is 0 Å². The minimum atomic E-state index is -0.136. The Labute approximate surface area is 181 Å². The third kappa shape index (κ3) is 3.41. The molecule has 1 aliphatic rings. The number of halogens is 1. The van der Waals surface area contributed by atoms with Gasteiger partial charge in [-0.3, -0.25) is 9.78 Å². The van der Waals surface area contributed by atoms with Crippen LogP contribution in [0, 0.1) is 3.57 Å². The lowest BCUT2D eigenvalue weighted by atomic mass is 10.1. The lowest BCUT2D eigenvalue weighted by molar-refractivity contribution is 0.0987. The maximum atomic E-state index is 13.5. The summed E-state index contributed by atoms with van der Waals surface area (Å²) in [5.41, 5.74) is 2.03. The van der Waals surface area contributed by atoms with Crippen LogP contribution in [0.3, 0.4) is 0 Å². The Kier molecular flexibility index (Phi) is 5.35. The molecule has 0 radical (unpaired) electrons. The fraction of sp³-hybridized carbons (Fsp3) is 0.238. The van der Waals surface area contributed by atoms with E-state index < -0.39 is 0 Å². The summed E-state index contributed by atoms with van der Waals surface area (Å²) < 4.78 is 22.4. The first kappa shape index (κ1) is 19.6. The van der Waals surface area contributed by atoms with Gasteiger partial charge in [-0.1, -0.05) is 0 Å². The van der Waals surface area contributed by atoms with E-state index in [1.165, 1.54) is 0 Å². The maximum absolute atomic E-state index is 13.5. The molecule has 1 aromatic heterocycles. The molecule has 0 spiro atoms. The van der Waals surface area contributed by atoms with Gasteiger partial charge in [0.15, 0.2) is 23.0 Å². The van der Waals surface area contributed by atoms with E-state index in [2.05, 4.69) is 27.6 Å². The van der Waals surface area contributed by atoms with Crippen molar-refractivity contribution in [3.63, 3.8) is 0 Å². The van der Waals surface area contributed by atoms with Crippen LogP contribution in [-0.4, -0.2) is 38.4 Å². The van der Waals surface area contributed by atoms with Crippen molar-refractivity contribution in [2.45, 2.75) is 6.92 Å². The number of pyridine rings is 1. The minimum absolute atomic E-state index is 0.136. The third-order valence-electron chi connectivity index (χ3n) is 4.77. The molecule has 3 aromatic rings. The number of benzene rings is 2. The Balaban J connectivity index is 1.81. The van der Waals surface area contributed by atoms with E-state index in [-0.39, 0.29) is 12.7 Å². The Morgan fingerprint density at radius 2 is 1.83 bits per heavy atom. The van der Waals surface area contributed by atoms with E-state index in [0.29, 0.717) is 35.1 Å². The average Bonchev–Trinajstić information content (AvgIpc) is 3.19. The van der Waals surface area contributed by atoms with Crippen LogP contribution in [0.4, 0.5) is 5.69 Å². The van der Waals surface area contributed by atoms with Crippen LogP contribution in [-0.2, 0) is 0 Å². The van der Waals surface area contributed by atoms with Crippen LogP contribution >= 0.6 is 22.6 Å². The van der Waals surface area contributed by atoms with Gasteiger partial charge in [-0.2, -0.15) is 0 Å². The smallest absolute Gasteiger partial charge is 0.259 e. The zero-order valence-electron chi connectivity index (χ0n) is 16.2. The van der Waals surface area contributed by atoms with Gasteiger partial charge in [-0.25, -0.2) is 0 Å². The van der Waals surface area contributed by atoms with Crippen molar-refractivity contribution in [2.75, 3.05) is 32.5 Å². The molecule has 0 fully saturated rings. The van der Waals surface area contributed by atoms with Crippen LogP contribution in [0.25, 0.3) is 10.9 Å². The molecule has 0 aliphatic carbocycles.